The Hall–Kier alpha value is -1.49. The lowest BCUT2D eigenvalue weighted by atomic mass is 9.48. The number of fused-ring (bicyclic) bond motifs is 5. The van der Waals surface area contributed by atoms with Gasteiger partial charge in [0.05, 0.1) is 0 Å². The van der Waals surface area contributed by atoms with Crippen LogP contribution >= 0.6 is 0 Å². The second-order valence-electron chi connectivity index (χ2n) is 10.5. The topological polar surface area (TPSA) is 80.7 Å². The number of ketones is 2. The monoisotopic (exact) mass is 402 g/mol. The van der Waals surface area contributed by atoms with Gasteiger partial charge in [-0.1, -0.05) is 32.4 Å². The van der Waals surface area contributed by atoms with E-state index in [4.69, 9.17) is 4.74 Å². The Morgan fingerprint density at radius 1 is 1.28 bits per heavy atom. The van der Waals surface area contributed by atoms with Crippen LogP contribution < -0.4 is 0 Å². The highest BCUT2D eigenvalue weighted by Gasteiger charge is 2.67. The Morgan fingerprint density at radius 3 is 2.69 bits per heavy atom. The lowest BCUT2D eigenvalue weighted by Crippen LogP contribution is -2.58. The lowest BCUT2D eigenvalue weighted by molar-refractivity contribution is -0.167. The molecule has 4 aliphatic rings. The van der Waals surface area contributed by atoms with Crippen LogP contribution in [0.15, 0.2) is 11.6 Å². The van der Waals surface area contributed by atoms with E-state index in [1.165, 1.54) is 12.5 Å². The highest BCUT2D eigenvalue weighted by atomic mass is 16.5. The summed E-state index contributed by atoms with van der Waals surface area (Å²) < 4.78 is 4.96. The molecule has 0 heterocycles. The number of hydrogen-bond donors (Lipinski definition) is 1. The molecule has 0 aromatic carbocycles. The van der Waals surface area contributed by atoms with Crippen molar-refractivity contribution in [2.75, 3.05) is 6.61 Å². The predicted octanol–water partition coefficient (Wildman–Crippen LogP) is 3.63. The van der Waals surface area contributed by atoms with E-state index in [2.05, 4.69) is 19.9 Å². The summed E-state index contributed by atoms with van der Waals surface area (Å²) >= 11 is 0. The van der Waals surface area contributed by atoms with E-state index in [0.29, 0.717) is 36.9 Å². The van der Waals surface area contributed by atoms with Gasteiger partial charge in [0, 0.05) is 25.2 Å². The SMILES string of the molecule is CC(=O)OCC(=O)[C@]1(O)[C@H](C)C[C@@H]2[C@@H]3CC[C@@H]4CC(=O)CC[C@@]4(C)C3=CC[C@@]21C. The summed E-state index contributed by atoms with van der Waals surface area (Å²) in [5, 5.41) is 11.7. The van der Waals surface area contributed by atoms with Crippen LogP contribution in [-0.2, 0) is 19.1 Å². The molecular weight excluding hydrogens is 368 g/mol. The summed E-state index contributed by atoms with van der Waals surface area (Å²) in [5.41, 5.74) is -0.474. The van der Waals surface area contributed by atoms with Gasteiger partial charge in [-0.3, -0.25) is 14.4 Å². The van der Waals surface area contributed by atoms with Crippen LogP contribution in [0.4, 0.5) is 0 Å². The van der Waals surface area contributed by atoms with Gasteiger partial charge in [0.2, 0.25) is 5.78 Å². The van der Waals surface area contributed by atoms with Crippen LogP contribution in [0.2, 0.25) is 0 Å². The maximum atomic E-state index is 13.0. The van der Waals surface area contributed by atoms with Gasteiger partial charge < -0.3 is 9.84 Å². The highest BCUT2D eigenvalue weighted by Crippen LogP contribution is 2.67. The fourth-order valence-corrected chi connectivity index (χ4v) is 7.53. The lowest BCUT2D eigenvalue weighted by Gasteiger charge is -2.56. The van der Waals surface area contributed by atoms with Gasteiger partial charge in [0.1, 0.15) is 11.4 Å². The molecule has 0 saturated heterocycles. The quantitative estimate of drug-likeness (QED) is 0.576. The molecule has 5 heteroatoms. The molecule has 0 aromatic heterocycles. The molecule has 3 saturated carbocycles. The van der Waals surface area contributed by atoms with Crippen molar-refractivity contribution < 1.29 is 24.2 Å². The Bertz CT molecular complexity index is 784. The zero-order valence-electron chi connectivity index (χ0n) is 18.1. The first-order valence-corrected chi connectivity index (χ1v) is 11.2. The van der Waals surface area contributed by atoms with E-state index in [-0.39, 0.29) is 29.6 Å². The molecule has 0 spiro atoms. The molecule has 29 heavy (non-hydrogen) atoms. The van der Waals surface area contributed by atoms with Gasteiger partial charge in [0.25, 0.3) is 0 Å². The van der Waals surface area contributed by atoms with Gasteiger partial charge in [-0.2, -0.15) is 0 Å². The number of carbonyl (C=O) groups is 3. The van der Waals surface area contributed by atoms with Crippen molar-refractivity contribution in [2.45, 2.75) is 78.2 Å². The largest absolute Gasteiger partial charge is 0.458 e. The van der Waals surface area contributed by atoms with Gasteiger partial charge >= 0.3 is 5.97 Å². The average molecular weight is 403 g/mol. The first-order valence-electron chi connectivity index (χ1n) is 11.2. The van der Waals surface area contributed by atoms with E-state index >= 15 is 0 Å². The van der Waals surface area contributed by atoms with Crippen molar-refractivity contribution in [1.82, 2.24) is 0 Å². The maximum Gasteiger partial charge on any atom is 0.303 e. The summed E-state index contributed by atoms with van der Waals surface area (Å²) in [4.78, 5) is 36.3. The normalized spacial score (nSPS) is 46.2. The van der Waals surface area contributed by atoms with E-state index in [0.717, 1.165) is 25.7 Å². The molecule has 3 fully saturated rings. The van der Waals surface area contributed by atoms with E-state index in [1.54, 1.807) is 0 Å². The number of carbonyl (C=O) groups excluding carboxylic acids is 3. The molecule has 0 amide bonds. The Labute approximate surface area is 173 Å². The maximum absolute atomic E-state index is 13.0. The number of aliphatic hydroxyl groups is 1. The number of ether oxygens (including phenoxy) is 1. The molecule has 5 nitrogen and oxygen atoms in total. The molecule has 160 valence electrons. The molecule has 0 bridgehead atoms. The first-order chi connectivity index (χ1) is 13.5. The van der Waals surface area contributed by atoms with Crippen molar-refractivity contribution in [1.29, 1.82) is 0 Å². The molecule has 7 atom stereocenters. The number of esters is 1. The van der Waals surface area contributed by atoms with Gasteiger partial charge in [-0.15, -0.1) is 0 Å². The number of hydrogen-bond acceptors (Lipinski definition) is 5. The molecule has 0 aliphatic heterocycles. The van der Waals surface area contributed by atoms with E-state index in [9.17, 15) is 19.5 Å². The minimum atomic E-state index is -1.48. The van der Waals surface area contributed by atoms with Crippen molar-refractivity contribution >= 4 is 17.5 Å². The summed E-state index contributed by atoms with van der Waals surface area (Å²) in [6.45, 7) is 7.27. The first kappa shape index (κ1) is 20.8. The van der Waals surface area contributed by atoms with Crippen molar-refractivity contribution in [3.05, 3.63) is 11.6 Å². The van der Waals surface area contributed by atoms with Crippen LogP contribution in [0.5, 0.6) is 0 Å². The highest BCUT2D eigenvalue weighted by molar-refractivity contribution is 5.91. The van der Waals surface area contributed by atoms with Crippen LogP contribution in [0, 0.1) is 34.5 Å². The second kappa shape index (κ2) is 6.76. The van der Waals surface area contributed by atoms with E-state index in [1.807, 2.05) is 6.92 Å². The third kappa shape index (κ3) is 2.79. The van der Waals surface area contributed by atoms with Crippen LogP contribution in [0.3, 0.4) is 0 Å². The molecule has 4 rings (SSSR count). The second-order valence-corrected chi connectivity index (χ2v) is 10.5. The summed E-state index contributed by atoms with van der Waals surface area (Å²) in [5.74, 6) is 0.376. The van der Waals surface area contributed by atoms with E-state index < -0.39 is 17.0 Å². The summed E-state index contributed by atoms with van der Waals surface area (Å²) in [7, 11) is 0. The third-order valence-corrected chi connectivity index (χ3v) is 9.26. The Morgan fingerprint density at radius 2 is 2.00 bits per heavy atom. The standard InChI is InChI=1S/C24H34O5/c1-14-11-20-18-6-5-16-12-17(26)7-9-22(16,3)19(18)8-10-23(20,4)24(14,28)21(27)13-29-15(2)25/h8,14,16,18,20,28H,5-7,9-13H2,1-4H3/t14-,16-,18-,20-,22-,23+,24-/m1/s1. The molecule has 0 unspecified atom stereocenters. The molecule has 1 N–H and O–H groups in total. The van der Waals surface area contributed by atoms with Crippen molar-refractivity contribution in [3.63, 3.8) is 0 Å². The minimum absolute atomic E-state index is 0.0733. The predicted molar refractivity (Wildman–Crippen MR) is 108 cm³/mol. The van der Waals surface area contributed by atoms with Gasteiger partial charge in [0.15, 0.2) is 6.61 Å². The molecule has 0 aromatic rings. The Kier molecular flexibility index (Phi) is 4.84. The van der Waals surface area contributed by atoms with Crippen molar-refractivity contribution in [2.24, 2.45) is 34.5 Å². The molecule has 4 aliphatic carbocycles. The average Bonchev–Trinajstić information content (AvgIpc) is 2.88. The van der Waals surface area contributed by atoms with Gasteiger partial charge in [-0.05, 0) is 61.2 Å². The smallest absolute Gasteiger partial charge is 0.303 e. The zero-order chi connectivity index (χ0) is 21.2. The van der Waals surface area contributed by atoms with Crippen LogP contribution in [0.1, 0.15) is 72.6 Å². The number of allylic oxidation sites excluding steroid dienone is 2. The summed E-state index contributed by atoms with van der Waals surface area (Å²) in [6, 6.07) is 0. The minimum Gasteiger partial charge on any atom is -0.458 e. The number of rotatable bonds is 3. The molecular formula is C24H34O5. The fourth-order valence-electron chi connectivity index (χ4n) is 7.53. The third-order valence-electron chi connectivity index (χ3n) is 9.26. The van der Waals surface area contributed by atoms with Gasteiger partial charge in [-0.25, -0.2) is 0 Å². The number of Topliss-reactive ketones (excluding diaryl/α,β-unsaturated/α-hetero) is 2. The van der Waals surface area contributed by atoms with Crippen molar-refractivity contribution in [3.8, 4) is 0 Å². The summed E-state index contributed by atoms with van der Waals surface area (Å²) in [6.07, 6.45) is 8.13. The Balaban J connectivity index is 1.67. The van der Waals surface area contributed by atoms with Crippen LogP contribution in [0.25, 0.3) is 0 Å². The van der Waals surface area contributed by atoms with Crippen LogP contribution in [-0.4, -0.2) is 34.9 Å². The fraction of sp³-hybridized carbons (Fsp3) is 0.792. The zero-order valence-corrected chi connectivity index (χ0v) is 18.1. The molecule has 0 radical (unpaired) electrons.